The fraction of sp³-hybridized carbons (Fsp3) is 0.308. The first-order valence-electron chi connectivity index (χ1n) is 5.70. The van der Waals surface area contributed by atoms with Crippen LogP contribution in [0.2, 0.25) is 0 Å². The van der Waals surface area contributed by atoms with Crippen LogP contribution in [0.3, 0.4) is 0 Å². The zero-order valence-electron chi connectivity index (χ0n) is 10.1. The van der Waals surface area contributed by atoms with Crippen molar-refractivity contribution in [3.63, 3.8) is 0 Å². The highest BCUT2D eigenvalue weighted by Gasteiger charge is 2.25. The van der Waals surface area contributed by atoms with Gasteiger partial charge < -0.3 is 20.5 Å². The summed E-state index contributed by atoms with van der Waals surface area (Å²) in [5.41, 5.74) is 0.213. The molecule has 1 amide bonds. The molecule has 0 spiro atoms. The number of aromatic amines is 1. The van der Waals surface area contributed by atoms with Gasteiger partial charge in [-0.1, -0.05) is 12.1 Å². The van der Waals surface area contributed by atoms with Crippen LogP contribution in [0.15, 0.2) is 30.5 Å². The molecule has 96 valence electrons. The molecule has 0 saturated heterocycles. The summed E-state index contributed by atoms with van der Waals surface area (Å²) in [5, 5.41) is 21.9. The van der Waals surface area contributed by atoms with E-state index in [0.717, 1.165) is 10.9 Å². The average Bonchev–Trinajstić information content (AvgIpc) is 2.86. The molecule has 0 saturated carbocycles. The van der Waals surface area contributed by atoms with Crippen molar-refractivity contribution in [2.45, 2.75) is 12.5 Å². The number of nitrogens with one attached hydrogen (secondary N) is 2. The summed E-state index contributed by atoms with van der Waals surface area (Å²) in [6.45, 7) is 0.936. The normalized spacial score (nSPS) is 11.7. The summed E-state index contributed by atoms with van der Waals surface area (Å²) < 4.78 is 0. The van der Waals surface area contributed by atoms with Crippen molar-refractivity contribution in [1.82, 2.24) is 10.3 Å². The summed E-state index contributed by atoms with van der Waals surface area (Å²) in [7, 11) is 0. The highest BCUT2D eigenvalue weighted by atomic mass is 16.3. The molecule has 1 heterocycles. The van der Waals surface area contributed by atoms with E-state index in [1.807, 2.05) is 12.1 Å². The second-order valence-electron chi connectivity index (χ2n) is 4.58. The average molecular weight is 248 g/mol. The van der Waals surface area contributed by atoms with Crippen molar-refractivity contribution in [1.29, 1.82) is 0 Å². The van der Waals surface area contributed by atoms with E-state index in [1.165, 1.54) is 0 Å². The minimum absolute atomic E-state index is 0.323. The summed E-state index contributed by atoms with van der Waals surface area (Å²) in [6, 6.07) is 7.27. The monoisotopic (exact) mass is 248 g/mol. The van der Waals surface area contributed by atoms with Crippen molar-refractivity contribution < 1.29 is 15.0 Å². The summed E-state index contributed by atoms with van der Waals surface area (Å²) in [6.07, 6.45) is 1.76. The number of fused-ring (bicyclic) bond motifs is 1. The van der Waals surface area contributed by atoms with Gasteiger partial charge in [0.2, 0.25) is 0 Å². The van der Waals surface area contributed by atoms with E-state index in [2.05, 4.69) is 10.3 Å². The Morgan fingerprint density at radius 1 is 1.33 bits per heavy atom. The number of H-pyrrole nitrogens is 1. The molecule has 2 aromatic rings. The minimum Gasteiger partial charge on any atom is -0.394 e. The number of hydrogen-bond acceptors (Lipinski definition) is 3. The molecule has 0 radical (unpaired) electrons. The van der Waals surface area contributed by atoms with Crippen LogP contribution in [0.1, 0.15) is 17.3 Å². The largest absolute Gasteiger partial charge is 0.394 e. The van der Waals surface area contributed by atoms with Gasteiger partial charge in [-0.25, -0.2) is 0 Å². The second kappa shape index (κ2) is 4.80. The maximum absolute atomic E-state index is 12.1. The predicted molar refractivity (Wildman–Crippen MR) is 68.3 cm³/mol. The number of amides is 1. The van der Waals surface area contributed by atoms with E-state index < -0.39 is 5.54 Å². The molecule has 4 N–H and O–H groups in total. The van der Waals surface area contributed by atoms with Gasteiger partial charge in [0.05, 0.1) is 29.8 Å². The number of hydrogen-bond donors (Lipinski definition) is 4. The molecule has 0 unspecified atom stereocenters. The maximum atomic E-state index is 12.1. The van der Waals surface area contributed by atoms with Crippen LogP contribution >= 0.6 is 0 Å². The molecule has 5 heteroatoms. The fourth-order valence-electron chi connectivity index (χ4n) is 1.74. The van der Waals surface area contributed by atoms with Gasteiger partial charge in [0.25, 0.3) is 5.91 Å². The van der Waals surface area contributed by atoms with Gasteiger partial charge in [0.1, 0.15) is 0 Å². The number of para-hydroxylation sites is 1. The van der Waals surface area contributed by atoms with Crippen LogP contribution in [-0.2, 0) is 0 Å². The third-order valence-electron chi connectivity index (χ3n) is 2.95. The third kappa shape index (κ3) is 2.23. The Morgan fingerprint density at radius 2 is 2.06 bits per heavy atom. The van der Waals surface area contributed by atoms with E-state index in [1.54, 1.807) is 25.3 Å². The molecule has 0 fully saturated rings. The lowest BCUT2D eigenvalue weighted by Crippen LogP contribution is -2.51. The Kier molecular flexibility index (Phi) is 3.36. The minimum atomic E-state index is -1.02. The van der Waals surface area contributed by atoms with E-state index in [9.17, 15) is 15.0 Å². The molecule has 0 aliphatic rings. The molecule has 1 aromatic heterocycles. The Bertz CT molecular complexity index is 558. The molecule has 18 heavy (non-hydrogen) atoms. The van der Waals surface area contributed by atoms with Gasteiger partial charge in [-0.2, -0.15) is 0 Å². The van der Waals surface area contributed by atoms with Crippen LogP contribution in [0, 0.1) is 0 Å². The Hall–Kier alpha value is -1.85. The maximum Gasteiger partial charge on any atom is 0.253 e. The van der Waals surface area contributed by atoms with Gasteiger partial charge in [-0.3, -0.25) is 4.79 Å². The number of rotatable bonds is 4. The van der Waals surface area contributed by atoms with Crippen LogP contribution in [0.5, 0.6) is 0 Å². The van der Waals surface area contributed by atoms with Crippen molar-refractivity contribution in [2.75, 3.05) is 13.2 Å². The standard InChI is InChI=1S/C13H16N2O3/c1-13(7-16,8-17)15-12(18)10-4-2-3-9-5-6-14-11(9)10/h2-6,14,16-17H,7-8H2,1H3,(H,15,18). The van der Waals surface area contributed by atoms with Crippen molar-refractivity contribution in [3.8, 4) is 0 Å². The number of carbonyl (C=O) groups is 1. The molecular formula is C13H16N2O3. The molecular weight excluding hydrogens is 232 g/mol. The lowest BCUT2D eigenvalue weighted by molar-refractivity contribution is 0.0725. The third-order valence-corrected chi connectivity index (χ3v) is 2.95. The number of aromatic nitrogens is 1. The molecule has 0 bridgehead atoms. The quantitative estimate of drug-likeness (QED) is 0.640. The summed E-state index contributed by atoms with van der Waals surface area (Å²) in [5.74, 6) is -0.325. The van der Waals surface area contributed by atoms with Crippen molar-refractivity contribution >= 4 is 16.8 Å². The van der Waals surface area contributed by atoms with Crippen molar-refractivity contribution in [3.05, 3.63) is 36.0 Å². The Morgan fingerprint density at radius 3 is 2.72 bits per heavy atom. The Balaban J connectivity index is 2.31. The SMILES string of the molecule is CC(CO)(CO)NC(=O)c1cccc2cc[nH]c12. The predicted octanol–water partition coefficient (Wildman–Crippen LogP) is 0.641. The van der Waals surface area contributed by atoms with E-state index in [4.69, 9.17) is 0 Å². The number of benzene rings is 1. The summed E-state index contributed by atoms with van der Waals surface area (Å²) >= 11 is 0. The molecule has 5 nitrogen and oxygen atoms in total. The first-order valence-corrected chi connectivity index (χ1v) is 5.70. The fourth-order valence-corrected chi connectivity index (χ4v) is 1.74. The van der Waals surface area contributed by atoms with E-state index in [0.29, 0.717) is 5.56 Å². The highest BCUT2D eigenvalue weighted by molar-refractivity contribution is 6.05. The van der Waals surface area contributed by atoms with E-state index in [-0.39, 0.29) is 19.1 Å². The molecule has 2 rings (SSSR count). The van der Waals surface area contributed by atoms with E-state index >= 15 is 0 Å². The van der Waals surface area contributed by atoms with Gasteiger partial charge >= 0.3 is 0 Å². The van der Waals surface area contributed by atoms with Gasteiger partial charge in [-0.15, -0.1) is 0 Å². The highest BCUT2D eigenvalue weighted by Crippen LogP contribution is 2.17. The number of aliphatic hydroxyl groups excluding tert-OH is 2. The molecule has 0 atom stereocenters. The first kappa shape index (κ1) is 12.6. The summed E-state index contributed by atoms with van der Waals surface area (Å²) in [4.78, 5) is 15.1. The van der Waals surface area contributed by atoms with Gasteiger partial charge in [0, 0.05) is 11.6 Å². The number of aliphatic hydroxyl groups is 2. The van der Waals surface area contributed by atoms with Crippen LogP contribution < -0.4 is 5.32 Å². The number of carbonyl (C=O) groups excluding carboxylic acids is 1. The topological polar surface area (TPSA) is 85.3 Å². The molecule has 0 aliphatic heterocycles. The zero-order chi connectivity index (χ0) is 13.2. The lowest BCUT2D eigenvalue weighted by atomic mass is 10.0. The van der Waals surface area contributed by atoms with Gasteiger partial charge in [-0.05, 0) is 19.1 Å². The van der Waals surface area contributed by atoms with Crippen LogP contribution in [-0.4, -0.2) is 39.9 Å². The second-order valence-corrected chi connectivity index (χ2v) is 4.58. The Labute approximate surface area is 104 Å². The van der Waals surface area contributed by atoms with Gasteiger partial charge in [0.15, 0.2) is 0 Å². The van der Waals surface area contributed by atoms with Crippen LogP contribution in [0.25, 0.3) is 10.9 Å². The van der Waals surface area contributed by atoms with Crippen molar-refractivity contribution in [2.24, 2.45) is 0 Å². The smallest absolute Gasteiger partial charge is 0.253 e. The first-order chi connectivity index (χ1) is 8.59. The lowest BCUT2D eigenvalue weighted by Gasteiger charge is -2.26. The molecule has 1 aromatic carbocycles. The van der Waals surface area contributed by atoms with Crippen LogP contribution in [0.4, 0.5) is 0 Å². The molecule has 0 aliphatic carbocycles. The zero-order valence-corrected chi connectivity index (χ0v) is 10.1.